The van der Waals surface area contributed by atoms with Gasteiger partial charge in [0.15, 0.2) is 11.6 Å². The molecule has 138 valence electrons. The van der Waals surface area contributed by atoms with E-state index >= 15 is 0 Å². The molecule has 2 atom stereocenters. The van der Waals surface area contributed by atoms with Crippen LogP contribution in [0.25, 0.3) is 0 Å². The maximum Gasteiger partial charge on any atom is 0.160 e. The van der Waals surface area contributed by atoms with Crippen LogP contribution in [0.15, 0.2) is 18.2 Å². The summed E-state index contributed by atoms with van der Waals surface area (Å²) in [7, 11) is 0. The van der Waals surface area contributed by atoms with Crippen LogP contribution in [0.2, 0.25) is 0 Å². The van der Waals surface area contributed by atoms with Crippen molar-refractivity contribution in [2.24, 2.45) is 5.92 Å². The van der Waals surface area contributed by atoms with E-state index in [-0.39, 0.29) is 0 Å². The molecule has 3 saturated heterocycles. The molecule has 0 bridgehead atoms. The first kappa shape index (κ1) is 17.2. The zero-order chi connectivity index (χ0) is 17.4. The molecule has 6 heteroatoms. The van der Waals surface area contributed by atoms with Crippen molar-refractivity contribution in [3.05, 3.63) is 29.8 Å². The van der Waals surface area contributed by atoms with E-state index in [1.54, 1.807) is 6.07 Å². The van der Waals surface area contributed by atoms with E-state index in [2.05, 4.69) is 15.1 Å². The van der Waals surface area contributed by atoms with Gasteiger partial charge in [-0.3, -0.25) is 4.90 Å². The summed E-state index contributed by atoms with van der Waals surface area (Å²) in [4.78, 5) is 4.68. The van der Waals surface area contributed by atoms with E-state index in [0.29, 0.717) is 12.0 Å². The van der Waals surface area contributed by atoms with Crippen LogP contribution in [0.1, 0.15) is 25.7 Å². The molecule has 0 aromatic heterocycles. The third kappa shape index (κ3) is 3.39. The van der Waals surface area contributed by atoms with Gasteiger partial charge in [-0.15, -0.1) is 0 Å². The Morgan fingerprint density at radius 3 is 2.64 bits per heavy atom. The van der Waals surface area contributed by atoms with Crippen LogP contribution < -0.4 is 10.2 Å². The number of rotatable bonds is 2. The van der Waals surface area contributed by atoms with Gasteiger partial charge in [0.25, 0.3) is 0 Å². The molecule has 0 spiro atoms. The Kier molecular flexibility index (Phi) is 4.69. The van der Waals surface area contributed by atoms with E-state index in [1.165, 1.54) is 12.1 Å². The predicted octanol–water partition coefficient (Wildman–Crippen LogP) is 1.98. The highest BCUT2D eigenvalue weighted by atomic mass is 19.2. The van der Waals surface area contributed by atoms with Crippen LogP contribution in [-0.2, 0) is 0 Å². The zero-order valence-electron chi connectivity index (χ0n) is 14.6. The van der Waals surface area contributed by atoms with Crippen molar-refractivity contribution in [1.82, 2.24) is 10.2 Å². The summed E-state index contributed by atoms with van der Waals surface area (Å²) in [6.07, 6.45) is 3.78. The smallest absolute Gasteiger partial charge is 0.160 e. The fourth-order valence-electron chi connectivity index (χ4n) is 4.75. The zero-order valence-corrected chi connectivity index (χ0v) is 14.6. The van der Waals surface area contributed by atoms with Gasteiger partial charge in [0.1, 0.15) is 0 Å². The molecule has 25 heavy (non-hydrogen) atoms. The maximum absolute atomic E-state index is 13.5. The summed E-state index contributed by atoms with van der Waals surface area (Å²) >= 11 is 0. The summed E-state index contributed by atoms with van der Waals surface area (Å²) < 4.78 is 26.6. The van der Waals surface area contributed by atoms with E-state index in [0.717, 1.165) is 70.6 Å². The molecular weight excluding hydrogens is 324 g/mol. The van der Waals surface area contributed by atoms with Crippen LogP contribution in [0, 0.1) is 17.6 Å². The van der Waals surface area contributed by atoms with Gasteiger partial charge in [0.05, 0.1) is 5.60 Å². The summed E-state index contributed by atoms with van der Waals surface area (Å²) in [5, 5.41) is 14.2. The molecule has 4 rings (SSSR count). The van der Waals surface area contributed by atoms with E-state index in [9.17, 15) is 13.9 Å². The molecule has 0 amide bonds. The van der Waals surface area contributed by atoms with Gasteiger partial charge in [-0.25, -0.2) is 8.78 Å². The normalized spacial score (nSPS) is 31.8. The first-order valence-corrected chi connectivity index (χ1v) is 9.42. The number of piperidine rings is 3. The van der Waals surface area contributed by atoms with Gasteiger partial charge in [0, 0.05) is 56.4 Å². The predicted molar refractivity (Wildman–Crippen MR) is 93.7 cm³/mol. The molecular formula is C19H27F2N3O. The molecule has 2 N–H and O–H groups in total. The summed E-state index contributed by atoms with van der Waals surface area (Å²) in [6, 6.07) is 4.68. The van der Waals surface area contributed by atoms with Gasteiger partial charge >= 0.3 is 0 Å². The third-order valence-corrected chi connectivity index (χ3v) is 6.42. The number of halogens is 2. The number of hydrogen-bond donors (Lipinski definition) is 2. The van der Waals surface area contributed by atoms with Crippen molar-refractivity contribution >= 4 is 5.69 Å². The highest BCUT2D eigenvalue weighted by Gasteiger charge is 2.44. The number of aliphatic hydroxyl groups is 1. The lowest BCUT2D eigenvalue weighted by atomic mass is 9.75. The molecule has 3 aliphatic rings. The largest absolute Gasteiger partial charge is 0.389 e. The standard InChI is InChI=1S/C19H27F2N3O/c20-17-2-1-16(11-18(17)21)23-8-3-15(4-9-23)24-10-6-19(25)5-7-22-12-14(19)13-24/h1-2,11,14-15,22,25H,3-10,12-13H2/t14-,19-/m1/s1. The Bertz CT molecular complexity index is 621. The Morgan fingerprint density at radius 2 is 1.88 bits per heavy atom. The van der Waals surface area contributed by atoms with Crippen molar-refractivity contribution in [2.75, 3.05) is 44.2 Å². The molecule has 3 fully saturated rings. The van der Waals surface area contributed by atoms with E-state index < -0.39 is 17.2 Å². The average molecular weight is 351 g/mol. The lowest BCUT2D eigenvalue weighted by Crippen LogP contribution is -2.61. The number of hydrogen-bond acceptors (Lipinski definition) is 4. The second-order valence-electron chi connectivity index (χ2n) is 7.82. The molecule has 3 aliphatic heterocycles. The minimum Gasteiger partial charge on any atom is -0.389 e. The van der Waals surface area contributed by atoms with Crippen LogP contribution in [0.5, 0.6) is 0 Å². The molecule has 0 unspecified atom stereocenters. The van der Waals surface area contributed by atoms with Gasteiger partial charge in [-0.2, -0.15) is 0 Å². The highest BCUT2D eigenvalue weighted by Crippen LogP contribution is 2.35. The Hall–Kier alpha value is -1.24. The van der Waals surface area contributed by atoms with Crippen LogP contribution in [-0.4, -0.2) is 60.9 Å². The van der Waals surface area contributed by atoms with Crippen LogP contribution >= 0.6 is 0 Å². The minimum atomic E-state index is -0.791. The highest BCUT2D eigenvalue weighted by molar-refractivity contribution is 5.47. The van der Waals surface area contributed by atoms with Gasteiger partial charge < -0.3 is 15.3 Å². The second-order valence-corrected chi connectivity index (χ2v) is 7.82. The number of benzene rings is 1. The van der Waals surface area contributed by atoms with Crippen molar-refractivity contribution in [3.63, 3.8) is 0 Å². The summed E-state index contributed by atoms with van der Waals surface area (Å²) in [5.74, 6) is -1.25. The molecule has 4 nitrogen and oxygen atoms in total. The monoisotopic (exact) mass is 351 g/mol. The van der Waals surface area contributed by atoms with Crippen molar-refractivity contribution in [2.45, 2.75) is 37.3 Å². The number of nitrogens with zero attached hydrogens (tertiary/aromatic N) is 2. The molecule has 0 radical (unpaired) electrons. The fourth-order valence-corrected chi connectivity index (χ4v) is 4.75. The van der Waals surface area contributed by atoms with Gasteiger partial charge in [-0.1, -0.05) is 0 Å². The van der Waals surface area contributed by atoms with Crippen molar-refractivity contribution in [3.8, 4) is 0 Å². The van der Waals surface area contributed by atoms with E-state index in [1.807, 2.05) is 0 Å². The fraction of sp³-hybridized carbons (Fsp3) is 0.684. The lowest BCUT2D eigenvalue weighted by molar-refractivity contribution is -0.0971. The van der Waals surface area contributed by atoms with Gasteiger partial charge in [-0.05, 0) is 44.4 Å². The lowest BCUT2D eigenvalue weighted by Gasteiger charge is -2.50. The minimum absolute atomic E-state index is 0.319. The molecule has 0 saturated carbocycles. The quantitative estimate of drug-likeness (QED) is 0.855. The maximum atomic E-state index is 13.5. The first-order valence-electron chi connectivity index (χ1n) is 9.42. The third-order valence-electron chi connectivity index (χ3n) is 6.42. The molecule has 3 heterocycles. The van der Waals surface area contributed by atoms with Crippen molar-refractivity contribution in [1.29, 1.82) is 0 Å². The number of anilines is 1. The van der Waals surface area contributed by atoms with Crippen molar-refractivity contribution < 1.29 is 13.9 Å². The molecule has 0 aliphatic carbocycles. The average Bonchev–Trinajstić information content (AvgIpc) is 2.63. The number of nitrogens with one attached hydrogen (secondary N) is 1. The number of fused-ring (bicyclic) bond motifs is 1. The SMILES string of the molecule is O[C@@]12CCNC[C@@H]1CN(C1CCN(c3ccc(F)c(F)c3)CC1)CC2. The summed E-state index contributed by atoms with van der Waals surface area (Å²) in [5.41, 5.74) is 0.288. The topological polar surface area (TPSA) is 38.7 Å². The molecule has 1 aromatic rings. The summed E-state index contributed by atoms with van der Waals surface area (Å²) in [6.45, 7) is 5.46. The van der Waals surface area contributed by atoms with Gasteiger partial charge in [0.2, 0.25) is 0 Å². The Balaban J connectivity index is 1.35. The Labute approximate surface area is 147 Å². The van der Waals surface area contributed by atoms with Crippen LogP contribution in [0.3, 0.4) is 0 Å². The molecule has 1 aromatic carbocycles. The number of likely N-dealkylation sites (tertiary alicyclic amines) is 1. The Morgan fingerprint density at radius 1 is 1.08 bits per heavy atom. The van der Waals surface area contributed by atoms with Crippen LogP contribution in [0.4, 0.5) is 14.5 Å². The first-order chi connectivity index (χ1) is 12.0. The van der Waals surface area contributed by atoms with E-state index in [4.69, 9.17) is 0 Å². The second kappa shape index (κ2) is 6.82.